The molecule has 0 N–H and O–H groups in total. The average molecular weight is 498 g/mol. The van der Waals surface area contributed by atoms with Crippen molar-refractivity contribution in [3.63, 3.8) is 0 Å². The molecule has 0 amide bonds. The Labute approximate surface area is 181 Å². The van der Waals surface area contributed by atoms with Crippen molar-refractivity contribution in [3.8, 4) is 0 Å². The van der Waals surface area contributed by atoms with Crippen LogP contribution in [0.3, 0.4) is 0 Å². The van der Waals surface area contributed by atoms with E-state index in [0.29, 0.717) is 11.3 Å². The van der Waals surface area contributed by atoms with Gasteiger partial charge in [-0.05, 0) is 54.6 Å². The number of rotatable bonds is 6. The van der Waals surface area contributed by atoms with Crippen LogP contribution in [0.25, 0.3) is 0 Å². The van der Waals surface area contributed by atoms with Crippen molar-refractivity contribution in [2.24, 2.45) is 0 Å². The van der Waals surface area contributed by atoms with Crippen molar-refractivity contribution < 1.29 is 9.15 Å². The highest BCUT2D eigenvalue weighted by molar-refractivity contribution is 9.13. The van der Waals surface area contributed by atoms with E-state index in [1.54, 1.807) is 0 Å². The van der Waals surface area contributed by atoms with E-state index in [0.717, 1.165) is 26.9 Å². The van der Waals surface area contributed by atoms with Crippen LogP contribution in [-0.4, -0.2) is 0 Å². The molecule has 0 aliphatic heterocycles. The van der Waals surface area contributed by atoms with E-state index in [1.807, 2.05) is 60.7 Å². The molecule has 0 aliphatic carbocycles. The van der Waals surface area contributed by atoms with Crippen LogP contribution in [0.1, 0.15) is 22.5 Å². The lowest BCUT2D eigenvalue weighted by Gasteiger charge is -2.35. The predicted molar refractivity (Wildman–Crippen MR) is 118 cm³/mol. The van der Waals surface area contributed by atoms with Crippen LogP contribution in [0.2, 0.25) is 0 Å². The van der Waals surface area contributed by atoms with E-state index >= 15 is 0 Å². The summed E-state index contributed by atoms with van der Waals surface area (Å²) in [6, 6.07) is 32.9. The summed E-state index contributed by atoms with van der Waals surface area (Å²) in [5, 5.41) is 0. The maximum Gasteiger partial charge on any atom is 0.183 e. The fraction of sp³-hybridized carbons (Fsp3) is 0.0833. The van der Waals surface area contributed by atoms with E-state index in [1.165, 1.54) is 0 Å². The van der Waals surface area contributed by atoms with Crippen molar-refractivity contribution >= 4 is 31.9 Å². The highest BCUT2D eigenvalue weighted by atomic mass is 79.9. The summed E-state index contributed by atoms with van der Waals surface area (Å²) in [5.74, 6) is 0.742. The van der Waals surface area contributed by atoms with Crippen LogP contribution >= 0.6 is 31.9 Å². The van der Waals surface area contributed by atoms with Gasteiger partial charge in [0.05, 0.1) is 4.47 Å². The smallest absolute Gasteiger partial charge is 0.183 e. The molecule has 0 bridgehead atoms. The summed E-state index contributed by atoms with van der Waals surface area (Å²) in [6.07, 6.45) is 0. The van der Waals surface area contributed by atoms with Crippen LogP contribution in [0.5, 0.6) is 0 Å². The summed E-state index contributed by atoms with van der Waals surface area (Å²) >= 11 is 6.88. The fourth-order valence-corrected chi connectivity index (χ4v) is 4.07. The topological polar surface area (TPSA) is 22.4 Å². The van der Waals surface area contributed by atoms with Crippen LogP contribution < -0.4 is 0 Å². The summed E-state index contributed by atoms with van der Waals surface area (Å²) in [6.45, 7) is 0.322. The predicted octanol–water partition coefficient (Wildman–Crippen LogP) is 7.31. The number of hydrogen-bond acceptors (Lipinski definition) is 2. The molecule has 4 rings (SSSR count). The molecular formula is C24H18Br2O2. The standard InChI is InChI=1S/C24H18Br2O2/c25-22-16-21(28-23(22)26)17-27-24(18-10-4-1-5-11-18,19-12-6-2-7-13-19)20-14-8-3-9-15-20/h1-16H,17H2. The summed E-state index contributed by atoms with van der Waals surface area (Å²) in [7, 11) is 0. The van der Waals surface area contributed by atoms with Crippen LogP contribution in [-0.2, 0) is 16.9 Å². The molecule has 0 radical (unpaired) electrons. The lowest BCUT2D eigenvalue weighted by atomic mass is 9.80. The Morgan fingerprint density at radius 2 is 1.11 bits per heavy atom. The zero-order valence-electron chi connectivity index (χ0n) is 15.0. The highest BCUT2D eigenvalue weighted by Crippen LogP contribution is 2.41. The van der Waals surface area contributed by atoms with Gasteiger partial charge in [0.15, 0.2) is 4.67 Å². The minimum absolute atomic E-state index is 0.322. The SMILES string of the molecule is Brc1cc(COC(c2ccccc2)(c2ccccc2)c2ccccc2)oc1Br. The van der Waals surface area contributed by atoms with Gasteiger partial charge in [-0.25, -0.2) is 0 Å². The van der Waals surface area contributed by atoms with Gasteiger partial charge >= 0.3 is 0 Å². The van der Waals surface area contributed by atoms with Gasteiger partial charge in [0.25, 0.3) is 0 Å². The third kappa shape index (κ3) is 3.72. The zero-order chi connectivity index (χ0) is 19.4. The second-order valence-corrected chi connectivity index (χ2v) is 7.98. The van der Waals surface area contributed by atoms with Gasteiger partial charge in [-0.3, -0.25) is 0 Å². The quantitative estimate of drug-likeness (QED) is 0.260. The first-order chi connectivity index (χ1) is 13.7. The third-order valence-corrected chi connectivity index (χ3v) is 6.38. The molecule has 0 atom stereocenters. The zero-order valence-corrected chi connectivity index (χ0v) is 18.2. The van der Waals surface area contributed by atoms with Crippen molar-refractivity contribution in [1.29, 1.82) is 0 Å². The maximum atomic E-state index is 6.71. The largest absolute Gasteiger partial charge is 0.451 e. The number of hydrogen-bond donors (Lipinski definition) is 0. The molecule has 0 aliphatic rings. The van der Waals surface area contributed by atoms with Crippen LogP contribution in [0.4, 0.5) is 0 Å². The first kappa shape index (κ1) is 19.2. The third-order valence-electron chi connectivity index (χ3n) is 4.67. The van der Waals surface area contributed by atoms with Gasteiger partial charge < -0.3 is 9.15 Å². The lowest BCUT2D eigenvalue weighted by Crippen LogP contribution is -2.32. The van der Waals surface area contributed by atoms with Gasteiger partial charge in [-0.2, -0.15) is 0 Å². The Morgan fingerprint density at radius 3 is 1.46 bits per heavy atom. The number of ether oxygens (including phenoxy) is 1. The minimum Gasteiger partial charge on any atom is -0.451 e. The minimum atomic E-state index is -0.754. The maximum absolute atomic E-state index is 6.71. The molecule has 0 unspecified atom stereocenters. The first-order valence-corrected chi connectivity index (χ1v) is 10.5. The first-order valence-electron chi connectivity index (χ1n) is 8.94. The Hall–Kier alpha value is -2.14. The van der Waals surface area contributed by atoms with E-state index in [9.17, 15) is 0 Å². The Kier molecular flexibility index (Phi) is 5.81. The van der Waals surface area contributed by atoms with E-state index in [-0.39, 0.29) is 0 Å². The molecule has 140 valence electrons. The second kappa shape index (κ2) is 8.48. The van der Waals surface area contributed by atoms with Crippen molar-refractivity contribution in [2.45, 2.75) is 12.2 Å². The van der Waals surface area contributed by atoms with E-state index in [2.05, 4.69) is 68.3 Å². The molecule has 0 saturated carbocycles. The monoisotopic (exact) mass is 496 g/mol. The Balaban J connectivity index is 1.87. The summed E-state index contributed by atoms with van der Waals surface area (Å²) < 4.78 is 14.0. The molecule has 3 aromatic carbocycles. The number of benzene rings is 3. The molecule has 28 heavy (non-hydrogen) atoms. The molecular weight excluding hydrogens is 480 g/mol. The van der Waals surface area contributed by atoms with Gasteiger partial charge in [-0.1, -0.05) is 91.0 Å². The molecule has 4 heteroatoms. The molecule has 1 heterocycles. The summed E-state index contributed by atoms with van der Waals surface area (Å²) in [5.41, 5.74) is 2.45. The van der Waals surface area contributed by atoms with Crippen molar-refractivity contribution in [2.75, 3.05) is 0 Å². The van der Waals surface area contributed by atoms with E-state index < -0.39 is 5.60 Å². The number of furan rings is 1. The van der Waals surface area contributed by atoms with Gasteiger partial charge in [0.2, 0.25) is 0 Å². The Morgan fingerprint density at radius 1 is 0.679 bits per heavy atom. The van der Waals surface area contributed by atoms with Gasteiger partial charge in [0.1, 0.15) is 18.0 Å². The normalized spacial score (nSPS) is 11.5. The van der Waals surface area contributed by atoms with Crippen molar-refractivity contribution in [3.05, 3.63) is 129 Å². The molecule has 4 aromatic rings. The highest BCUT2D eigenvalue weighted by Gasteiger charge is 2.37. The van der Waals surface area contributed by atoms with Gasteiger partial charge in [-0.15, -0.1) is 0 Å². The molecule has 0 saturated heterocycles. The molecule has 1 aromatic heterocycles. The summed E-state index contributed by atoms with van der Waals surface area (Å²) in [4.78, 5) is 0. The number of halogens is 2. The fourth-order valence-electron chi connectivity index (χ4n) is 3.41. The van der Waals surface area contributed by atoms with E-state index in [4.69, 9.17) is 9.15 Å². The van der Waals surface area contributed by atoms with Crippen LogP contribution in [0, 0.1) is 0 Å². The molecule has 2 nitrogen and oxygen atoms in total. The second-order valence-electron chi connectivity index (χ2n) is 6.40. The molecule has 0 fully saturated rings. The van der Waals surface area contributed by atoms with Crippen molar-refractivity contribution in [1.82, 2.24) is 0 Å². The van der Waals surface area contributed by atoms with Crippen LogP contribution in [0.15, 0.2) is 111 Å². The lowest BCUT2D eigenvalue weighted by molar-refractivity contribution is -0.00820. The Bertz CT molecular complexity index is 912. The average Bonchev–Trinajstić information content (AvgIpc) is 3.08. The molecule has 0 spiro atoms. The van der Waals surface area contributed by atoms with Gasteiger partial charge in [0, 0.05) is 0 Å².